The van der Waals surface area contributed by atoms with Crippen LogP contribution in [0.1, 0.15) is 19.4 Å². The fraction of sp³-hybridized carbons (Fsp3) is 0.222. The van der Waals surface area contributed by atoms with E-state index in [4.69, 9.17) is 14.9 Å². The number of hydrogen-bond donors (Lipinski definition) is 0. The number of benzene rings is 1. The van der Waals surface area contributed by atoms with Gasteiger partial charge in [-0.2, -0.15) is 15.8 Å². The summed E-state index contributed by atoms with van der Waals surface area (Å²) in [5.74, 6) is 0. The van der Waals surface area contributed by atoms with Crippen molar-refractivity contribution in [1.82, 2.24) is 0 Å². The standard InChI is InChI=1S/C18H15N5O/c1-3-23(4-2)16-6-5-14-7-15(11-21)18(24-17(14)8-16)22-12-13(9-19)10-20/h5-8,12H,3-4H2,1-2H3. The molecule has 0 aliphatic rings. The predicted molar refractivity (Wildman–Crippen MR) is 89.4 cm³/mol. The summed E-state index contributed by atoms with van der Waals surface area (Å²) in [7, 11) is 0. The first-order chi connectivity index (χ1) is 11.7. The Kier molecular flexibility index (Phi) is 5.34. The van der Waals surface area contributed by atoms with Crippen LogP contribution in [-0.2, 0) is 0 Å². The maximum atomic E-state index is 9.25. The smallest absolute Gasteiger partial charge is 0.237 e. The topological polar surface area (TPSA) is 100 Å². The van der Waals surface area contributed by atoms with Crippen molar-refractivity contribution in [2.45, 2.75) is 13.8 Å². The van der Waals surface area contributed by atoms with E-state index in [1.807, 2.05) is 24.3 Å². The molecule has 2 aromatic rings. The van der Waals surface area contributed by atoms with Gasteiger partial charge >= 0.3 is 0 Å². The molecule has 0 spiro atoms. The molecule has 24 heavy (non-hydrogen) atoms. The highest BCUT2D eigenvalue weighted by Crippen LogP contribution is 2.21. The van der Waals surface area contributed by atoms with Crippen molar-refractivity contribution < 1.29 is 4.42 Å². The summed E-state index contributed by atoms with van der Waals surface area (Å²) < 4.78 is 5.72. The molecule has 0 unspecified atom stereocenters. The molecule has 0 atom stereocenters. The van der Waals surface area contributed by atoms with E-state index in [1.165, 1.54) is 0 Å². The van der Waals surface area contributed by atoms with Gasteiger partial charge in [0.2, 0.25) is 5.55 Å². The van der Waals surface area contributed by atoms with Crippen LogP contribution in [-0.4, -0.2) is 13.1 Å². The lowest BCUT2D eigenvalue weighted by Crippen LogP contribution is -2.21. The fourth-order valence-electron chi connectivity index (χ4n) is 2.27. The van der Waals surface area contributed by atoms with Gasteiger partial charge in [0.05, 0.1) is 6.20 Å². The molecule has 0 fully saturated rings. The zero-order chi connectivity index (χ0) is 17.5. The quantitative estimate of drug-likeness (QED) is 0.807. The van der Waals surface area contributed by atoms with E-state index < -0.39 is 0 Å². The third-order valence-electron chi connectivity index (χ3n) is 3.53. The van der Waals surface area contributed by atoms with Gasteiger partial charge in [-0.3, -0.25) is 0 Å². The van der Waals surface area contributed by atoms with Crippen LogP contribution < -0.4 is 10.5 Å². The third kappa shape index (κ3) is 3.43. The molecule has 0 N–H and O–H groups in total. The second-order valence-corrected chi connectivity index (χ2v) is 4.87. The number of rotatable bonds is 4. The molecule has 118 valence electrons. The molecule has 0 saturated carbocycles. The van der Waals surface area contributed by atoms with Crippen molar-refractivity contribution in [2.75, 3.05) is 18.0 Å². The van der Waals surface area contributed by atoms with Crippen LogP contribution in [0.4, 0.5) is 5.69 Å². The third-order valence-corrected chi connectivity index (χ3v) is 3.53. The Morgan fingerprint density at radius 1 is 1.17 bits per heavy atom. The van der Waals surface area contributed by atoms with Crippen molar-refractivity contribution in [3.8, 4) is 18.2 Å². The molecule has 1 heterocycles. The van der Waals surface area contributed by atoms with Gasteiger partial charge in [-0.15, -0.1) is 0 Å². The van der Waals surface area contributed by atoms with E-state index in [9.17, 15) is 5.26 Å². The lowest BCUT2D eigenvalue weighted by Gasteiger charge is -2.20. The minimum Gasteiger partial charge on any atom is -0.437 e. The van der Waals surface area contributed by atoms with E-state index in [0.717, 1.165) is 30.4 Å². The van der Waals surface area contributed by atoms with Gasteiger partial charge in [0.1, 0.15) is 34.9 Å². The van der Waals surface area contributed by atoms with Crippen LogP contribution in [0.15, 0.2) is 45.4 Å². The van der Waals surface area contributed by atoms with Gasteiger partial charge in [0.25, 0.3) is 0 Å². The average molecular weight is 317 g/mol. The molecule has 0 saturated heterocycles. The normalized spacial score (nSPS) is 10.5. The van der Waals surface area contributed by atoms with Crippen LogP contribution in [0.25, 0.3) is 11.0 Å². The van der Waals surface area contributed by atoms with Gasteiger partial charge in [-0.1, -0.05) is 0 Å². The van der Waals surface area contributed by atoms with Crippen molar-refractivity contribution in [1.29, 1.82) is 15.8 Å². The molecule has 0 amide bonds. The van der Waals surface area contributed by atoms with Crippen LogP contribution in [0.2, 0.25) is 0 Å². The van der Waals surface area contributed by atoms with E-state index in [2.05, 4.69) is 23.7 Å². The summed E-state index contributed by atoms with van der Waals surface area (Å²) in [4.78, 5) is 6.15. The highest BCUT2D eigenvalue weighted by atomic mass is 16.3. The Hall–Kier alpha value is -3.56. The molecule has 0 aliphatic carbocycles. The number of fused-ring (bicyclic) bond motifs is 1. The summed E-state index contributed by atoms with van der Waals surface area (Å²) in [6, 6.07) is 12.9. The van der Waals surface area contributed by atoms with Crippen LogP contribution in [0.5, 0.6) is 0 Å². The molecular weight excluding hydrogens is 302 g/mol. The number of allylic oxidation sites excluding steroid dienone is 1. The van der Waals surface area contributed by atoms with E-state index >= 15 is 0 Å². The number of hydrogen-bond acceptors (Lipinski definition) is 6. The monoisotopic (exact) mass is 317 g/mol. The summed E-state index contributed by atoms with van der Waals surface area (Å²) in [6.45, 7) is 5.87. The predicted octanol–water partition coefficient (Wildman–Crippen LogP) is 2.98. The molecule has 1 aromatic carbocycles. The molecule has 0 radical (unpaired) electrons. The first-order valence-corrected chi connectivity index (χ1v) is 7.44. The highest BCUT2D eigenvalue weighted by molar-refractivity contribution is 5.81. The first-order valence-electron chi connectivity index (χ1n) is 7.44. The molecular formula is C18H15N5O. The zero-order valence-electron chi connectivity index (χ0n) is 13.4. The minimum absolute atomic E-state index is 0.0738. The van der Waals surface area contributed by atoms with Gasteiger partial charge < -0.3 is 9.32 Å². The minimum atomic E-state index is -0.161. The van der Waals surface area contributed by atoms with Gasteiger partial charge in [-0.25, -0.2) is 4.99 Å². The van der Waals surface area contributed by atoms with Crippen LogP contribution >= 0.6 is 0 Å². The number of nitrogens with zero attached hydrogens (tertiary/aromatic N) is 5. The van der Waals surface area contributed by atoms with Crippen molar-refractivity contribution in [2.24, 2.45) is 4.99 Å². The Labute approximate surface area is 139 Å². The van der Waals surface area contributed by atoms with Gasteiger partial charge in [-0.05, 0) is 32.0 Å². The second-order valence-electron chi connectivity index (χ2n) is 4.87. The Bertz CT molecular complexity index is 960. The van der Waals surface area contributed by atoms with Gasteiger partial charge in [0, 0.05) is 30.2 Å². The maximum absolute atomic E-state index is 9.25. The Balaban J connectivity index is 2.66. The van der Waals surface area contributed by atoms with E-state index in [1.54, 1.807) is 18.2 Å². The molecule has 6 nitrogen and oxygen atoms in total. The molecule has 2 rings (SSSR count). The van der Waals surface area contributed by atoms with Crippen molar-refractivity contribution >= 4 is 16.7 Å². The average Bonchev–Trinajstić information content (AvgIpc) is 2.62. The number of nitriles is 3. The van der Waals surface area contributed by atoms with E-state index in [0.29, 0.717) is 5.58 Å². The van der Waals surface area contributed by atoms with Crippen molar-refractivity contribution in [3.05, 3.63) is 47.2 Å². The Morgan fingerprint density at radius 2 is 1.88 bits per heavy atom. The first kappa shape index (κ1) is 16.8. The second kappa shape index (κ2) is 7.63. The molecule has 0 aliphatic heterocycles. The van der Waals surface area contributed by atoms with Crippen LogP contribution in [0.3, 0.4) is 0 Å². The SMILES string of the molecule is CCN(CC)c1ccc2cc(C#N)c(=NC=C(C#N)C#N)oc2c1. The largest absolute Gasteiger partial charge is 0.437 e. The summed E-state index contributed by atoms with van der Waals surface area (Å²) in [5, 5.41) is 27.5. The lowest BCUT2D eigenvalue weighted by molar-refractivity contribution is 0.541. The molecule has 6 heteroatoms. The van der Waals surface area contributed by atoms with E-state index in [-0.39, 0.29) is 16.7 Å². The van der Waals surface area contributed by atoms with Crippen molar-refractivity contribution in [3.63, 3.8) is 0 Å². The zero-order valence-corrected chi connectivity index (χ0v) is 13.4. The fourth-order valence-corrected chi connectivity index (χ4v) is 2.27. The van der Waals surface area contributed by atoms with Crippen LogP contribution in [0, 0.1) is 34.0 Å². The Morgan fingerprint density at radius 3 is 2.46 bits per heavy atom. The summed E-state index contributed by atoms with van der Waals surface area (Å²) in [5.41, 5.74) is 1.75. The maximum Gasteiger partial charge on any atom is 0.237 e. The summed E-state index contributed by atoms with van der Waals surface area (Å²) in [6.07, 6.45) is 1.10. The molecule has 1 aromatic heterocycles. The highest BCUT2D eigenvalue weighted by Gasteiger charge is 2.07. The van der Waals surface area contributed by atoms with Gasteiger partial charge in [0.15, 0.2) is 0 Å². The lowest BCUT2D eigenvalue weighted by atomic mass is 10.1. The summed E-state index contributed by atoms with van der Waals surface area (Å²) >= 11 is 0. The number of anilines is 1. The molecule has 0 bridgehead atoms.